The molecule has 2 aromatic heterocycles. The number of nitrogens with one attached hydrogen (secondary N) is 1. The molecular weight excluding hydrogens is 451 g/mol. The van der Waals surface area contributed by atoms with Crippen molar-refractivity contribution in [2.75, 3.05) is 13.2 Å². The molecule has 1 aromatic carbocycles. The van der Waals surface area contributed by atoms with Gasteiger partial charge in [0.2, 0.25) is 5.65 Å². The summed E-state index contributed by atoms with van der Waals surface area (Å²) < 4.78 is 76.0. The van der Waals surface area contributed by atoms with Crippen molar-refractivity contribution in [1.29, 1.82) is 0 Å². The molecule has 3 aromatic rings. The molecule has 0 saturated carbocycles. The highest BCUT2D eigenvalue weighted by Gasteiger charge is 2.28. The van der Waals surface area contributed by atoms with Crippen LogP contribution in [-0.2, 0) is 11.3 Å². The third-order valence-corrected chi connectivity index (χ3v) is 4.51. The maximum Gasteiger partial charge on any atom is 0.411 e. The Balaban J connectivity index is 1.81. The molecule has 12 heteroatoms. The monoisotopic (exact) mass is 472 g/mol. The fourth-order valence-electron chi connectivity index (χ4n) is 3.11. The van der Waals surface area contributed by atoms with Crippen molar-refractivity contribution in [2.45, 2.75) is 39.6 Å². The third kappa shape index (κ3) is 5.95. The predicted molar refractivity (Wildman–Crippen MR) is 107 cm³/mol. The van der Waals surface area contributed by atoms with Crippen molar-refractivity contribution < 1.29 is 36.2 Å². The summed E-state index contributed by atoms with van der Waals surface area (Å²) in [5.74, 6) is -2.19. The van der Waals surface area contributed by atoms with Gasteiger partial charge in [-0.25, -0.2) is 18.7 Å². The summed E-state index contributed by atoms with van der Waals surface area (Å²) in [6.07, 6.45) is -2.94. The quantitative estimate of drug-likeness (QED) is 0.504. The van der Waals surface area contributed by atoms with Crippen LogP contribution < -0.4 is 10.1 Å². The number of alkyl halides is 3. The van der Waals surface area contributed by atoms with Gasteiger partial charge in [0, 0.05) is 12.2 Å². The Hall–Kier alpha value is -3.28. The van der Waals surface area contributed by atoms with E-state index in [9.17, 15) is 26.7 Å². The summed E-state index contributed by atoms with van der Waals surface area (Å²) in [6.45, 7) is 2.46. The van der Waals surface area contributed by atoms with Crippen molar-refractivity contribution in [3.63, 3.8) is 0 Å². The molecule has 33 heavy (non-hydrogen) atoms. The van der Waals surface area contributed by atoms with E-state index in [1.54, 1.807) is 13.8 Å². The number of ether oxygens (including phenoxy) is 2. The average molecular weight is 472 g/mol. The lowest BCUT2D eigenvalue weighted by molar-refractivity contribution is -0.174. The zero-order valence-corrected chi connectivity index (χ0v) is 18.0. The van der Waals surface area contributed by atoms with Crippen LogP contribution in [-0.4, -0.2) is 45.7 Å². The van der Waals surface area contributed by atoms with Crippen LogP contribution in [0.15, 0.2) is 24.4 Å². The number of halogens is 5. The van der Waals surface area contributed by atoms with Crippen LogP contribution in [0.1, 0.15) is 34.4 Å². The number of carbonyl (C=O) groups is 1. The van der Waals surface area contributed by atoms with E-state index < -0.39 is 43.0 Å². The predicted octanol–water partition coefficient (Wildman–Crippen LogP) is 3.90. The smallest absolute Gasteiger partial charge is 0.411 e. The molecule has 1 N–H and O–H groups in total. The Bertz CT molecular complexity index is 1140. The summed E-state index contributed by atoms with van der Waals surface area (Å²) >= 11 is 0. The van der Waals surface area contributed by atoms with Crippen molar-refractivity contribution in [3.8, 4) is 5.88 Å². The first-order valence-corrected chi connectivity index (χ1v) is 9.83. The van der Waals surface area contributed by atoms with Gasteiger partial charge in [0.05, 0.1) is 23.6 Å². The second-order valence-electron chi connectivity index (χ2n) is 7.42. The number of hydrogen-bond acceptors (Lipinski definition) is 5. The minimum atomic E-state index is -4.46. The Morgan fingerprint density at radius 3 is 2.48 bits per heavy atom. The Kier molecular flexibility index (Phi) is 7.15. The molecule has 7 nitrogen and oxygen atoms in total. The molecule has 0 aliphatic carbocycles. The van der Waals surface area contributed by atoms with Crippen molar-refractivity contribution in [3.05, 3.63) is 58.7 Å². The van der Waals surface area contributed by atoms with Crippen molar-refractivity contribution >= 4 is 11.6 Å². The summed E-state index contributed by atoms with van der Waals surface area (Å²) in [4.78, 5) is 21.3. The molecule has 0 spiro atoms. The number of hydrogen-bond donors (Lipinski definition) is 1. The van der Waals surface area contributed by atoms with Gasteiger partial charge in [-0.3, -0.25) is 9.20 Å². The lowest BCUT2D eigenvalue weighted by Gasteiger charge is -2.15. The molecule has 178 valence electrons. The van der Waals surface area contributed by atoms with Crippen LogP contribution in [0.25, 0.3) is 5.65 Å². The van der Waals surface area contributed by atoms with Crippen LogP contribution in [0.4, 0.5) is 22.0 Å². The summed E-state index contributed by atoms with van der Waals surface area (Å²) in [7, 11) is 0. The van der Waals surface area contributed by atoms with E-state index in [0.29, 0.717) is 11.4 Å². The zero-order valence-electron chi connectivity index (χ0n) is 18.0. The number of amides is 1. The zero-order chi connectivity index (χ0) is 24.3. The molecule has 0 fully saturated rings. The fraction of sp³-hybridized carbons (Fsp3) is 0.381. The number of aromatic nitrogens is 3. The van der Waals surface area contributed by atoms with E-state index in [-0.39, 0.29) is 29.4 Å². The molecule has 1 unspecified atom stereocenters. The van der Waals surface area contributed by atoms with Gasteiger partial charge in [-0.05, 0) is 32.9 Å². The molecule has 3 rings (SSSR count). The number of benzene rings is 1. The van der Waals surface area contributed by atoms with Gasteiger partial charge in [-0.1, -0.05) is 6.07 Å². The molecule has 0 saturated heterocycles. The number of nitrogens with zero attached hydrogens (tertiary/aromatic N) is 3. The maximum atomic E-state index is 13.9. The van der Waals surface area contributed by atoms with Crippen molar-refractivity contribution in [2.24, 2.45) is 0 Å². The average Bonchev–Trinajstić information content (AvgIpc) is 3.02. The number of imidazole rings is 1. The summed E-state index contributed by atoms with van der Waals surface area (Å²) in [5.41, 5.74) is 0.693. The largest absolute Gasteiger partial charge is 0.470 e. The molecule has 1 atom stereocenters. The lowest BCUT2D eigenvalue weighted by Crippen LogP contribution is -2.37. The highest BCUT2D eigenvalue weighted by Crippen LogP contribution is 2.23. The van der Waals surface area contributed by atoms with E-state index in [0.717, 1.165) is 12.1 Å². The SMILES string of the molecule is Cc1cn2c(C(=O)NC(C)COCC(F)(F)F)c(C)nc2c(OCc2c(F)cccc2F)n1. The Labute approximate surface area is 185 Å². The minimum absolute atomic E-state index is 0.0404. The van der Waals surface area contributed by atoms with Crippen LogP contribution >= 0.6 is 0 Å². The second kappa shape index (κ2) is 9.69. The number of fused-ring (bicyclic) bond motifs is 1. The fourth-order valence-corrected chi connectivity index (χ4v) is 3.11. The maximum absolute atomic E-state index is 13.9. The number of aryl methyl sites for hydroxylation is 2. The Morgan fingerprint density at radius 1 is 1.18 bits per heavy atom. The molecule has 2 heterocycles. The van der Waals surface area contributed by atoms with Gasteiger partial charge in [0.25, 0.3) is 11.8 Å². The van der Waals surface area contributed by atoms with E-state index in [4.69, 9.17) is 4.74 Å². The lowest BCUT2D eigenvalue weighted by atomic mass is 10.2. The van der Waals surface area contributed by atoms with Gasteiger partial charge in [0.15, 0.2) is 0 Å². The first-order chi connectivity index (χ1) is 15.5. The second-order valence-corrected chi connectivity index (χ2v) is 7.42. The highest BCUT2D eigenvalue weighted by atomic mass is 19.4. The summed E-state index contributed by atoms with van der Waals surface area (Å²) in [6, 6.07) is 2.72. The topological polar surface area (TPSA) is 77.8 Å². The molecule has 0 aliphatic rings. The molecule has 0 bridgehead atoms. The molecule has 0 radical (unpaired) electrons. The number of rotatable bonds is 8. The van der Waals surface area contributed by atoms with Gasteiger partial charge in [0.1, 0.15) is 30.5 Å². The summed E-state index contributed by atoms with van der Waals surface area (Å²) in [5, 5.41) is 2.56. The standard InChI is InChI=1S/C21H21F5N4O3/c1-11-7-30-17(19(31)27-12(2)8-32-10-21(24,25)26)13(3)29-18(30)20(28-11)33-9-14-15(22)5-4-6-16(14)23/h4-7,12H,8-10H2,1-3H3,(H,27,31). The van der Waals surface area contributed by atoms with Crippen LogP contribution in [0.3, 0.4) is 0 Å². The molecule has 0 aliphatic heterocycles. The van der Waals surface area contributed by atoms with Crippen LogP contribution in [0.5, 0.6) is 5.88 Å². The van der Waals surface area contributed by atoms with E-state index in [1.165, 1.54) is 23.6 Å². The van der Waals surface area contributed by atoms with E-state index >= 15 is 0 Å². The Morgan fingerprint density at radius 2 is 1.85 bits per heavy atom. The first-order valence-electron chi connectivity index (χ1n) is 9.83. The van der Waals surface area contributed by atoms with Crippen LogP contribution in [0, 0.1) is 25.5 Å². The van der Waals surface area contributed by atoms with Crippen LogP contribution in [0.2, 0.25) is 0 Å². The normalized spacial score (nSPS) is 12.7. The minimum Gasteiger partial charge on any atom is -0.470 e. The van der Waals surface area contributed by atoms with Gasteiger partial charge in [-0.2, -0.15) is 13.2 Å². The molecular formula is C21H21F5N4O3. The van der Waals surface area contributed by atoms with Gasteiger partial charge in [-0.15, -0.1) is 0 Å². The third-order valence-electron chi connectivity index (χ3n) is 4.51. The van der Waals surface area contributed by atoms with Crippen molar-refractivity contribution in [1.82, 2.24) is 19.7 Å². The van der Waals surface area contributed by atoms with E-state index in [2.05, 4.69) is 20.0 Å². The number of carbonyl (C=O) groups excluding carboxylic acids is 1. The van der Waals surface area contributed by atoms with Gasteiger partial charge < -0.3 is 14.8 Å². The van der Waals surface area contributed by atoms with E-state index in [1.807, 2.05) is 0 Å². The highest BCUT2D eigenvalue weighted by molar-refractivity contribution is 5.95. The first kappa shape index (κ1) is 24.4. The molecule has 1 amide bonds. The van der Waals surface area contributed by atoms with Gasteiger partial charge >= 0.3 is 6.18 Å².